The van der Waals surface area contributed by atoms with E-state index in [-0.39, 0.29) is 10.6 Å². The molecule has 0 heterocycles. The zero-order valence-electron chi connectivity index (χ0n) is 9.38. The van der Waals surface area contributed by atoms with Gasteiger partial charge in [0.15, 0.2) is 0 Å². The van der Waals surface area contributed by atoms with Gasteiger partial charge in [-0.2, -0.15) is 0 Å². The molecule has 0 aliphatic rings. The van der Waals surface area contributed by atoms with E-state index in [0.717, 1.165) is 9.64 Å². The molecule has 0 radical (unpaired) electrons. The average Bonchev–Trinajstić information content (AvgIpc) is 2.32. The van der Waals surface area contributed by atoms with Crippen molar-refractivity contribution in [2.45, 2.75) is 0 Å². The van der Waals surface area contributed by atoms with Gasteiger partial charge in [0, 0.05) is 8.59 Å². The molecule has 2 nitrogen and oxygen atoms in total. The molecule has 0 saturated carbocycles. The van der Waals surface area contributed by atoms with Crippen LogP contribution in [0.1, 0.15) is 10.4 Å². The predicted molar refractivity (Wildman–Crippen MR) is 83.5 cm³/mol. The standard InChI is InChI=1S/C13H7Cl2FINO/c14-7-1-4-12(11(17)5-7)18-13(19)9-3-2-8(16)6-10(9)15/h1-6H,(H,18,19). The number of rotatable bonds is 2. The minimum Gasteiger partial charge on any atom is -0.321 e. The van der Waals surface area contributed by atoms with Crippen LogP contribution in [-0.2, 0) is 0 Å². The third kappa shape index (κ3) is 3.58. The smallest absolute Gasteiger partial charge is 0.257 e. The topological polar surface area (TPSA) is 29.1 Å². The first-order valence-electron chi connectivity index (χ1n) is 5.19. The van der Waals surface area contributed by atoms with Crippen LogP contribution >= 0.6 is 45.8 Å². The highest BCUT2D eigenvalue weighted by Crippen LogP contribution is 2.24. The number of carbonyl (C=O) groups excluding carboxylic acids is 1. The van der Waals surface area contributed by atoms with Crippen molar-refractivity contribution < 1.29 is 9.18 Å². The van der Waals surface area contributed by atoms with Crippen molar-refractivity contribution in [1.29, 1.82) is 0 Å². The van der Waals surface area contributed by atoms with Crippen LogP contribution in [-0.4, -0.2) is 5.91 Å². The van der Waals surface area contributed by atoms with Crippen LogP contribution in [0.15, 0.2) is 36.4 Å². The van der Waals surface area contributed by atoms with Gasteiger partial charge in [-0.05, 0) is 59.0 Å². The van der Waals surface area contributed by atoms with Crippen molar-refractivity contribution in [2.75, 3.05) is 5.32 Å². The second-order valence-corrected chi connectivity index (χ2v) is 5.71. The van der Waals surface area contributed by atoms with Gasteiger partial charge in [0.1, 0.15) is 5.82 Å². The van der Waals surface area contributed by atoms with Gasteiger partial charge in [-0.15, -0.1) is 0 Å². The summed E-state index contributed by atoms with van der Waals surface area (Å²) in [5.74, 6) is -0.882. The lowest BCUT2D eigenvalue weighted by Gasteiger charge is -2.09. The summed E-state index contributed by atoms with van der Waals surface area (Å²) >= 11 is 13.7. The first kappa shape index (κ1) is 14.6. The Balaban J connectivity index is 2.25. The lowest BCUT2D eigenvalue weighted by Crippen LogP contribution is -2.13. The van der Waals surface area contributed by atoms with Crippen LogP contribution in [0, 0.1) is 9.39 Å². The Morgan fingerprint density at radius 3 is 2.53 bits per heavy atom. The molecule has 0 aliphatic heterocycles. The highest BCUT2D eigenvalue weighted by molar-refractivity contribution is 14.1. The minimum absolute atomic E-state index is 0.0708. The van der Waals surface area contributed by atoms with Gasteiger partial charge in [0.2, 0.25) is 0 Å². The van der Waals surface area contributed by atoms with E-state index in [0.29, 0.717) is 10.7 Å². The van der Waals surface area contributed by atoms with Crippen molar-refractivity contribution in [1.82, 2.24) is 0 Å². The van der Waals surface area contributed by atoms with Crippen LogP contribution in [0.5, 0.6) is 0 Å². The maximum Gasteiger partial charge on any atom is 0.257 e. The minimum atomic E-state index is -0.484. The normalized spacial score (nSPS) is 10.3. The van der Waals surface area contributed by atoms with Crippen molar-refractivity contribution in [3.8, 4) is 0 Å². The predicted octanol–water partition coefficient (Wildman–Crippen LogP) is 4.99. The van der Waals surface area contributed by atoms with E-state index in [2.05, 4.69) is 27.9 Å². The van der Waals surface area contributed by atoms with Crippen LogP contribution in [0.3, 0.4) is 0 Å². The summed E-state index contributed by atoms with van der Waals surface area (Å²) in [6.07, 6.45) is 0. The van der Waals surface area contributed by atoms with Crippen LogP contribution < -0.4 is 5.32 Å². The number of anilines is 1. The molecule has 0 bridgehead atoms. The van der Waals surface area contributed by atoms with Crippen molar-refractivity contribution >= 4 is 57.4 Å². The van der Waals surface area contributed by atoms with E-state index in [1.165, 1.54) is 12.1 Å². The van der Waals surface area contributed by atoms with Gasteiger partial charge in [0.05, 0.1) is 16.3 Å². The van der Waals surface area contributed by atoms with Crippen molar-refractivity contribution in [3.05, 3.63) is 61.4 Å². The fourth-order valence-electron chi connectivity index (χ4n) is 1.45. The fourth-order valence-corrected chi connectivity index (χ4v) is 2.71. The molecule has 1 N–H and O–H groups in total. The van der Waals surface area contributed by atoms with Crippen LogP contribution in [0.25, 0.3) is 0 Å². The Labute approximate surface area is 133 Å². The lowest BCUT2D eigenvalue weighted by atomic mass is 10.2. The Hall–Kier alpha value is -0.850. The number of carbonyl (C=O) groups is 1. The molecule has 6 heteroatoms. The van der Waals surface area contributed by atoms with Gasteiger partial charge in [-0.1, -0.05) is 23.2 Å². The number of amides is 1. The molecule has 0 aromatic heterocycles. The summed E-state index contributed by atoms with van der Waals surface area (Å²) in [5, 5.41) is 3.36. The molecule has 0 fully saturated rings. The monoisotopic (exact) mass is 409 g/mol. The van der Waals surface area contributed by atoms with Gasteiger partial charge < -0.3 is 5.32 Å². The number of hydrogen-bond donors (Lipinski definition) is 1. The van der Waals surface area contributed by atoms with E-state index in [4.69, 9.17) is 23.2 Å². The maximum atomic E-state index is 12.9. The summed E-state index contributed by atoms with van der Waals surface area (Å²) in [6.45, 7) is 0. The summed E-state index contributed by atoms with van der Waals surface area (Å²) in [6, 6.07) is 8.72. The molecule has 2 rings (SSSR count). The number of hydrogen-bond acceptors (Lipinski definition) is 1. The molecule has 98 valence electrons. The molecule has 0 spiro atoms. The second-order valence-electron chi connectivity index (χ2n) is 3.70. The lowest BCUT2D eigenvalue weighted by molar-refractivity contribution is 0.102. The Bertz CT molecular complexity index is 649. The molecule has 2 aromatic rings. The molecule has 0 unspecified atom stereocenters. The largest absolute Gasteiger partial charge is 0.321 e. The van der Waals surface area contributed by atoms with E-state index >= 15 is 0 Å². The van der Waals surface area contributed by atoms with Crippen molar-refractivity contribution in [2.24, 2.45) is 0 Å². The van der Waals surface area contributed by atoms with Crippen LogP contribution in [0.4, 0.5) is 10.1 Å². The molecule has 0 aliphatic carbocycles. The highest BCUT2D eigenvalue weighted by Gasteiger charge is 2.12. The SMILES string of the molecule is O=C(Nc1ccc(Cl)cc1I)c1ccc(F)cc1Cl. The quantitative estimate of drug-likeness (QED) is 0.695. The fraction of sp³-hybridized carbons (Fsp3) is 0. The van der Waals surface area contributed by atoms with Gasteiger partial charge in [0.25, 0.3) is 5.91 Å². The van der Waals surface area contributed by atoms with Gasteiger partial charge in [-0.25, -0.2) is 4.39 Å². The molecule has 19 heavy (non-hydrogen) atoms. The van der Waals surface area contributed by atoms with E-state index in [9.17, 15) is 9.18 Å². The van der Waals surface area contributed by atoms with Gasteiger partial charge >= 0.3 is 0 Å². The molecule has 2 aromatic carbocycles. The van der Waals surface area contributed by atoms with E-state index in [1.807, 2.05) is 0 Å². The molecule has 0 atom stereocenters. The summed E-state index contributed by atoms with van der Waals surface area (Å²) in [4.78, 5) is 12.0. The molecule has 0 saturated heterocycles. The molecular weight excluding hydrogens is 403 g/mol. The van der Waals surface area contributed by atoms with Crippen molar-refractivity contribution in [3.63, 3.8) is 0 Å². The third-order valence-corrected chi connectivity index (χ3v) is 3.80. The zero-order valence-corrected chi connectivity index (χ0v) is 13.1. The molecular formula is C13H7Cl2FINO. The number of halogens is 4. The summed E-state index contributed by atoms with van der Waals surface area (Å²) in [5.41, 5.74) is 0.837. The summed E-state index contributed by atoms with van der Waals surface area (Å²) < 4.78 is 13.7. The maximum absolute atomic E-state index is 12.9. The highest BCUT2D eigenvalue weighted by atomic mass is 127. The first-order valence-corrected chi connectivity index (χ1v) is 7.02. The Morgan fingerprint density at radius 1 is 1.16 bits per heavy atom. The molecule has 1 amide bonds. The number of benzene rings is 2. The Morgan fingerprint density at radius 2 is 1.89 bits per heavy atom. The third-order valence-electron chi connectivity index (χ3n) is 2.36. The zero-order chi connectivity index (χ0) is 14.0. The average molecular weight is 410 g/mol. The Kier molecular flexibility index (Phi) is 4.65. The second kappa shape index (κ2) is 6.07. The van der Waals surface area contributed by atoms with Crippen LogP contribution in [0.2, 0.25) is 10.0 Å². The number of nitrogens with one attached hydrogen (secondary N) is 1. The van der Waals surface area contributed by atoms with E-state index in [1.54, 1.807) is 18.2 Å². The van der Waals surface area contributed by atoms with Gasteiger partial charge in [-0.3, -0.25) is 4.79 Å². The van der Waals surface area contributed by atoms with E-state index < -0.39 is 11.7 Å². The summed E-state index contributed by atoms with van der Waals surface area (Å²) in [7, 11) is 0. The first-order chi connectivity index (χ1) is 8.97.